The fourth-order valence-corrected chi connectivity index (χ4v) is 6.14. The molecule has 1 aromatic heterocycles. The Bertz CT molecular complexity index is 1410. The van der Waals surface area contributed by atoms with Gasteiger partial charge < -0.3 is 4.42 Å². The summed E-state index contributed by atoms with van der Waals surface area (Å²) in [6.07, 6.45) is 0.733. The van der Waals surface area contributed by atoms with Crippen LogP contribution in [-0.2, 0) is 24.7 Å². The highest BCUT2D eigenvalue weighted by Crippen LogP contribution is 2.26. The Morgan fingerprint density at radius 1 is 0.971 bits per heavy atom. The van der Waals surface area contributed by atoms with Gasteiger partial charge in [0.1, 0.15) is 0 Å². The molecule has 1 fully saturated rings. The molecule has 0 radical (unpaired) electrons. The van der Waals surface area contributed by atoms with Gasteiger partial charge in [-0.1, -0.05) is 29.7 Å². The lowest BCUT2D eigenvalue weighted by molar-refractivity contribution is -0.121. The number of sulfone groups is 1. The molecular formula is C23H26N4O6S2. The van der Waals surface area contributed by atoms with Crippen molar-refractivity contribution >= 4 is 31.8 Å². The van der Waals surface area contributed by atoms with Crippen LogP contribution >= 0.6 is 0 Å². The normalized spacial score (nSPS) is 15.7. The number of hydrogen-bond donors (Lipinski definition) is 1. The zero-order valence-electron chi connectivity index (χ0n) is 19.3. The highest BCUT2D eigenvalue weighted by Gasteiger charge is 2.32. The molecule has 3 aromatic rings. The van der Waals surface area contributed by atoms with E-state index in [0.29, 0.717) is 18.4 Å². The summed E-state index contributed by atoms with van der Waals surface area (Å²) in [5, 5.41) is 10.3. The van der Waals surface area contributed by atoms with Crippen molar-refractivity contribution in [2.24, 2.45) is 5.92 Å². The minimum Gasteiger partial charge on any atom is -0.403 e. The lowest BCUT2D eigenvalue weighted by atomic mass is 9.97. The molecule has 2 aromatic carbocycles. The molecule has 12 heteroatoms. The van der Waals surface area contributed by atoms with Crippen molar-refractivity contribution in [3.8, 4) is 11.5 Å². The zero-order chi connectivity index (χ0) is 25.2. The van der Waals surface area contributed by atoms with Gasteiger partial charge >= 0.3 is 6.01 Å². The summed E-state index contributed by atoms with van der Waals surface area (Å²) < 4.78 is 56.5. The number of rotatable bonds is 7. The molecule has 1 N–H and O–H groups in total. The van der Waals surface area contributed by atoms with Gasteiger partial charge in [0.25, 0.3) is 0 Å². The molecule has 1 aliphatic rings. The van der Waals surface area contributed by atoms with Gasteiger partial charge in [-0.05, 0) is 56.2 Å². The standard InChI is InChI=1S/C23H26N4O6S2/c1-3-34(29,30)19-10-6-18(7-11-19)22-25-26-23(33-22)24-21(28)17-12-14-27(15-13-17)35(31,32)20-8-4-16(2)5-9-20/h4-11,17H,3,12-15H2,1-2H3,(H,24,26,28). The van der Waals surface area contributed by atoms with E-state index >= 15 is 0 Å². The Balaban J connectivity index is 1.35. The van der Waals surface area contributed by atoms with Crippen molar-refractivity contribution in [2.45, 2.75) is 36.5 Å². The monoisotopic (exact) mass is 518 g/mol. The number of sulfonamides is 1. The van der Waals surface area contributed by atoms with E-state index < -0.39 is 25.8 Å². The third-order valence-electron chi connectivity index (χ3n) is 5.98. The highest BCUT2D eigenvalue weighted by molar-refractivity contribution is 7.91. The lowest BCUT2D eigenvalue weighted by Crippen LogP contribution is -2.41. The third-order valence-corrected chi connectivity index (χ3v) is 9.64. The Kier molecular flexibility index (Phi) is 7.06. The first-order valence-corrected chi connectivity index (χ1v) is 14.2. The molecular weight excluding hydrogens is 492 g/mol. The summed E-state index contributed by atoms with van der Waals surface area (Å²) >= 11 is 0. The Hall–Kier alpha value is -3.09. The molecule has 0 aliphatic carbocycles. The van der Waals surface area contributed by atoms with Crippen LogP contribution < -0.4 is 5.32 Å². The second kappa shape index (κ2) is 9.88. The van der Waals surface area contributed by atoms with Gasteiger partial charge in [0.15, 0.2) is 9.84 Å². The molecule has 0 spiro atoms. The van der Waals surface area contributed by atoms with Crippen molar-refractivity contribution in [1.82, 2.24) is 14.5 Å². The molecule has 0 saturated carbocycles. The fraction of sp³-hybridized carbons (Fsp3) is 0.348. The van der Waals surface area contributed by atoms with Crippen LogP contribution in [0.3, 0.4) is 0 Å². The van der Waals surface area contributed by atoms with Crippen LogP contribution in [0.1, 0.15) is 25.3 Å². The van der Waals surface area contributed by atoms with Gasteiger partial charge in [-0.15, -0.1) is 5.10 Å². The van der Waals surface area contributed by atoms with E-state index in [2.05, 4.69) is 15.5 Å². The molecule has 10 nitrogen and oxygen atoms in total. The third kappa shape index (κ3) is 5.44. The van der Waals surface area contributed by atoms with Crippen LogP contribution in [0.15, 0.2) is 62.7 Å². The number of carbonyl (C=O) groups excluding carboxylic acids is 1. The maximum Gasteiger partial charge on any atom is 0.322 e. The van der Waals surface area contributed by atoms with Gasteiger partial charge in [-0.3, -0.25) is 10.1 Å². The topological polar surface area (TPSA) is 140 Å². The minimum absolute atomic E-state index is 0.000106. The number of anilines is 1. The van der Waals surface area contributed by atoms with Crippen LogP contribution in [0, 0.1) is 12.8 Å². The fourth-order valence-electron chi connectivity index (χ4n) is 3.79. The Morgan fingerprint density at radius 2 is 1.57 bits per heavy atom. The van der Waals surface area contributed by atoms with Crippen molar-refractivity contribution in [3.63, 3.8) is 0 Å². The number of piperidine rings is 1. The first kappa shape index (κ1) is 25.0. The molecule has 1 amide bonds. The van der Waals surface area contributed by atoms with Crippen molar-refractivity contribution in [1.29, 1.82) is 0 Å². The van der Waals surface area contributed by atoms with Crippen molar-refractivity contribution in [3.05, 3.63) is 54.1 Å². The highest BCUT2D eigenvalue weighted by atomic mass is 32.2. The first-order chi connectivity index (χ1) is 16.6. The summed E-state index contributed by atoms with van der Waals surface area (Å²) in [7, 11) is -6.92. The van der Waals surface area contributed by atoms with Crippen molar-refractivity contribution in [2.75, 3.05) is 24.2 Å². The van der Waals surface area contributed by atoms with E-state index in [1.54, 1.807) is 43.3 Å². The molecule has 0 atom stereocenters. The number of aromatic nitrogens is 2. The molecule has 2 heterocycles. The molecule has 4 rings (SSSR count). The van der Waals surface area contributed by atoms with Gasteiger partial charge in [0, 0.05) is 24.6 Å². The summed E-state index contributed by atoms with van der Waals surface area (Å²) in [5.41, 5.74) is 1.49. The zero-order valence-corrected chi connectivity index (χ0v) is 21.0. The van der Waals surface area contributed by atoms with Crippen LogP contribution in [0.4, 0.5) is 6.01 Å². The quantitative estimate of drug-likeness (QED) is 0.504. The molecule has 0 unspecified atom stereocenters. The number of nitrogens with zero attached hydrogens (tertiary/aromatic N) is 3. The smallest absolute Gasteiger partial charge is 0.322 e. The van der Waals surface area contributed by atoms with E-state index in [0.717, 1.165) is 5.56 Å². The largest absolute Gasteiger partial charge is 0.403 e. The van der Waals surface area contributed by atoms with E-state index in [1.165, 1.54) is 16.4 Å². The SMILES string of the molecule is CCS(=O)(=O)c1ccc(-c2nnc(NC(=O)C3CCN(S(=O)(=O)c4ccc(C)cc4)CC3)o2)cc1. The number of hydrogen-bond acceptors (Lipinski definition) is 8. The second-order valence-corrected chi connectivity index (χ2v) is 12.5. The van der Waals surface area contributed by atoms with Crippen LogP contribution in [0.25, 0.3) is 11.5 Å². The van der Waals surface area contributed by atoms with Gasteiger partial charge in [0.2, 0.25) is 21.8 Å². The maximum absolute atomic E-state index is 12.9. The van der Waals surface area contributed by atoms with Crippen LogP contribution in [-0.4, -0.2) is 56.1 Å². The number of benzene rings is 2. The summed E-state index contributed by atoms with van der Waals surface area (Å²) in [6, 6.07) is 12.7. The molecule has 186 valence electrons. The maximum atomic E-state index is 12.9. The van der Waals surface area contributed by atoms with E-state index in [1.807, 2.05) is 6.92 Å². The summed E-state index contributed by atoms with van der Waals surface area (Å²) in [4.78, 5) is 13.1. The average Bonchev–Trinajstić information content (AvgIpc) is 3.33. The van der Waals surface area contributed by atoms with Crippen molar-refractivity contribution < 1.29 is 26.0 Å². The summed E-state index contributed by atoms with van der Waals surface area (Å²) in [6.45, 7) is 3.93. The molecule has 0 bridgehead atoms. The van der Waals surface area contributed by atoms with Gasteiger partial charge in [-0.25, -0.2) is 16.8 Å². The average molecular weight is 519 g/mol. The second-order valence-electron chi connectivity index (χ2n) is 8.32. The van der Waals surface area contributed by atoms with Gasteiger partial charge in [0.05, 0.1) is 15.5 Å². The number of carbonyl (C=O) groups is 1. The lowest BCUT2D eigenvalue weighted by Gasteiger charge is -2.30. The first-order valence-electron chi connectivity index (χ1n) is 11.1. The Morgan fingerprint density at radius 3 is 2.17 bits per heavy atom. The predicted molar refractivity (Wildman–Crippen MR) is 129 cm³/mol. The van der Waals surface area contributed by atoms with Crippen LogP contribution in [0.5, 0.6) is 0 Å². The molecule has 1 aliphatic heterocycles. The van der Waals surface area contributed by atoms with Crippen LogP contribution in [0.2, 0.25) is 0 Å². The minimum atomic E-state index is -3.61. The Labute approximate surface area is 204 Å². The summed E-state index contributed by atoms with van der Waals surface area (Å²) in [5.74, 6) is -0.579. The van der Waals surface area contributed by atoms with E-state index in [4.69, 9.17) is 4.42 Å². The van der Waals surface area contributed by atoms with E-state index in [9.17, 15) is 21.6 Å². The number of aryl methyl sites for hydroxylation is 1. The van der Waals surface area contributed by atoms with E-state index in [-0.39, 0.29) is 46.4 Å². The molecule has 1 saturated heterocycles. The number of amides is 1. The molecule has 35 heavy (non-hydrogen) atoms. The number of nitrogens with one attached hydrogen (secondary N) is 1. The van der Waals surface area contributed by atoms with Gasteiger partial charge in [-0.2, -0.15) is 4.31 Å². The predicted octanol–water partition coefficient (Wildman–Crippen LogP) is 2.88.